The molecule has 0 saturated heterocycles. The number of nitrogens with zero attached hydrogens (tertiary/aromatic N) is 1. The number of anilines is 1. The van der Waals surface area contributed by atoms with Gasteiger partial charge in [0.05, 0.1) is 31.1 Å². The lowest BCUT2D eigenvalue weighted by molar-refractivity contribution is 0.0599. The monoisotopic (exact) mass is 486 g/mol. The van der Waals surface area contributed by atoms with E-state index in [2.05, 4.69) is 29.7 Å². The lowest BCUT2D eigenvalue weighted by Crippen LogP contribution is -2.31. The zero-order chi connectivity index (χ0) is 25.2. The van der Waals surface area contributed by atoms with E-state index in [-0.39, 0.29) is 33.1 Å². The highest BCUT2D eigenvalue weighted by Gasteiger charge is 2.36. The Hall–Kier alpha value is -3.73. The van der Waals surface area contributed by atoms with E-state index in [0.29, 0.717) is 29.9 Å². The fraction of sp³-hybridized carbons (Fsp3) is 0.348. The van der Waals surface area contributed by atoms with Gasteiger partial charge in [-0.05, 0) is 49.2 Å². The molecule has 0 unspecified atom stereocenters. The number of furan rings is 1. The van der Waals surface area contributed by atoms with Crippen molar-refractivity contribution >= 4 is 46.6 Å². The summed E-state index contributed by atoms with van der Waals surface area (Å²) in [5.41, 5.74) is 10.3. The Balaban J connectivity index is 2.00. The molecule has 34 heavy (non-hydrogen) atoms. The van der Waals surface area contributed by atoms with Gasteiger partial charge < -0.3 is 24.9 Å². The van der Waals surface area contributed by atoms with E-state index in [1.807, 2.05) is 0 Å². The molecule has 2 aromatic rings. The minimum Gasteiger partial charge on any atom is -0.465 e. The van der Waals surface area contributed by atoms with Gasteiger partial charge >= 0.3 is 11.9 Å². The lowest BCUT2D eigenvalue weighted by Gasteiger charge is -2.29. The van der Waals surface area contributed by atoms with Crippen LogP contribution in [-0.2, 0) is 15.9 Å². The molecule has 180 valence electrons. The third-order valence-electron chi connectivity index (χ3n) is 5.33. The Kier molecular flexibility index (Phi) is 7.06. The maximum atomic E-state index is 13.2. The molecule has 11 heteroatoms. The van der Waals surface area contributed by atoms with Gasteiger partial charge in [0.15, 0.2) is 10.9 Å². The summed E-state index contributed by atoms with van der Waals surface area (Å²) in [5.74, 6) is -1.17. The van der Waals surface area contributed by atoms with Crippen LogP contribution in [-0.4, -0.2) is 42.9 Å². The maximum Gasteiger partial charge on any atom is 0.337 e. The third-order valence-corrected chi connectivity index (χ3v) is 5.43. The van der Waals surface area contributed by atoms with Gasteiger partial charge in [0.2, 0.25) is 0 Å². The molecule has 1 aliphatic carbocycles. The molecule has 1 heterocycles. The Morgan fingerprint density at radius 2 is 1.68 bits per heavy atom. The first kappa shape index (κ1) is 24.9. The lowest BCUT2D eigenvalue weighted by atomic mass is 9.75. The second-order valence-electron chi connectivity index (χ2n) is 8.64. The van der Waals surface area contributed by atoms with Crippen LogP contribution in [0.4, 0.5) is 5.69 Å². The first-order valence-electron chi connectivity index (χ1n) is 10.3. The summed E-state index contributed by atoms with van der Waals surface area (Å²) >= 11 is 4.85. The molecule has 0 spiro atoms. The van der Waals surface area contributed by atoms with Crippen LogP contribution in [0.3, 0.4) is 0 Å². The minimum absolute atomic E-state index is 0.0310. The number of carbonyl (C=O) groups is 3. The second kappa shape index (κ2) is 9.64. The fourth-order valence-corrected chi connectivity index (χ4v) is 3.95. The highest BCUT2D eigenvalue weighted by atomic mass is 32.1. The van der Waals surface area contributed by atoms with Crippen LogP contribution >= 0.6 is 12.2 Å². The van der Waals surface area contributed by atoms with Crippen molar-refractivity contribution in [1.29, 1.82) is 0 Å². The quantitative estimate of drug-likeness (QED) is 0.330. The number of benzene rings is 1. The summed E-state index contributed by atoms with van der Waals surface area (Å²) in [4.78, 5) is 37.2. The van der Waals surface area contributed by atoms with E-state index in [0.717, 1.165) is 5.56 Å². The molecule has 1 aromatic heterocycles. The van der Waals surface area contributed by atoms with Crippen LogP contribution in [0, 0.1) is 12.3 Å². The summed E-state index contributed by atoms with van der Waals surface area (Å²) in [7, 11) is 2.43. The molecule has 4 N–H and O–H groups in total. The van der Waals surface area contributed by atoms with Gasteiger partial charge in [0, 0.05) is 23.2 Å². The number of nitrogens with one attached hydrogen (secondary N) is 2. The summed E-state index contributed by atoms with van der Waals surface area (Å²) < 4.78 is 15.4. The number of esters is 2. The number of hydrogen-bond acceptors (Lipinski definition) is 8. The van der Waals surface area contributed by atoms with Gasteiger partial charge in [0.1, 0.15) is 5.76 Å². The molecule has 1 amide bonds. The number of carbonyl (C=O) groups excluding carboxylic acids is 3. The van der Waals surface area contributed by atoms with Crippen molar-refractivity contribution in [2.45, 2.75) is 33.6 Å². The van der Waals surface area contributed by atoms with E-state index in [1.54, 1.807) is 6.92 Å². The zero-order valence-electron chi connectivity index (χ0n) is 19.5. The zero-order valence-corrected chi connectivity index (χ0v) is 20.3. The van der Waals surface area contributed by atoms with Crippen molar-refractivity contribution in [1.82, 2.24) is 5.43 Å². The number of hydrogen-bond donors (Lipinski definition) is 3. The molecule has 3 rings (SSSR count). The highest BCUT2D eigenvalue weighted by molar-refractivity contribution is 7.80. The van der Waals surface area contributed by atoms with Gasteiger partial charge in [-0.2, -0.15) is 5.10 Å². The molecule has 0 fully saturated rings. The van der Waals surface area contributed by atoms with Crippen LogP contribution in [0.15, 0.2) is 27.7 Å². The SMILES string of the molecule is COC(=O)c1cc(NC(=O)c2oc3c(c2C)/C(=N\NC(N)=S)CC(C)(C)C3)cc(C(=O)OC)c1. The maximum absolute atomic E-state index is 13.2. The van der Waals surface area contributed by atoms with Gasteiger partial charge in [-0.25, -0.2) is 9.59 Å². The van der Waals surface area contributed by atoms with Crippen LogP contribution in [0.1, 0.15) is 68.4 Å². The average Bonchev–Trinajstić information content (AvgIpc) is 3.10. The minimum atomic E-state index is -0.667. The molecule has 0 atom stereocenters. The Bertz CT molecular complexity index is 1180. The Labute approximate surface area is 201 Å². The Morgan fingerprint density at radius 1 is 1.09 bits per heavy atom. The normalized spacial score (nSPS) is 15.3. The van der Waals surface area contributed by atoms with Crippen molar-refractivity contribution in [3.05, 3.63) is 52.0 Å². The van der Waals surface area contributed by atoms with Crippen molar-refractivity contribution in [2.24, 2.45) is 16.3 Å². The van der Waals surface area contributed by atoms with Crippen molar-refractivity contribution in [2.75, 3.05) is 19.5 Å². The predicted molar refractivity (Wildman–Crippen MR) is 129 cm³/mol. The van der Waals surface area contributed by atoms with Crippen molar-refractivity contribution in [3.8, 4) is 0 Å². The van der Waals surface area contributed by atoms with E-state index < -0.39 is 17.8 Å². The number of hydrazone groups is 1. The Morgan fingerprint density at radius 3 is 2.21 bits per heavy atom. The molecule has 1 aromatic carbocycles. The molecule has 0 bridgehead atoms. The van der Waals surface area contributed by atoms with Crippen LogP contribution in [0.2, 0.25) is 0 Å². The van der Waals surface area contributed by atoms with E-state index in [1.165, 1.54) is 32.4 Å². The fourth-order valence-electron chi connectivity index (χ4n) is 3.91. The number of amides is 1. The van der Waals surface area contributed by atoms with Gasteiger partial charge in [-0.3, -0.25) is 10.2 Å². The predicted octanol–water partition coefficient (Wildman–Crippen LogP) is 2.92. The van der Waals surface area contributed by atoms with Crippen molar-refractivity contribution in [3.63, 3.8) is 0 Å². The second-order valence-corrected chi connectivity index (χ2v) is 9.08. The number of methoxy groups -OCH3 is 2. The molecule has 0 aliphatic heterocycles. The topological polar surface area (TPSA) is 145 Å². The first-order chi connectivity index (χ1) is 16.0. The summed E-state index contributed by atoms with van der Waals surface area (Å²) in [6, 6.07) is 4.12. The highest BCUT2D eigenvalue weighted by Crippen LogP contribution is 2.39. The van der Waals surface area contributed by atoms with Gasteiger partial charge in [0.25, 0.3) is 5.91 Å². The number of fused-ring (bicyclic) bond motifs is 1. The molecular weight excluding hydrogens is 460 g/mol. The van der Waals surface area contributed by atoms with Crippen LogP contribution in [0.5, 0.6) is 0 Å². The largest absolute Gasteiger partial charge is 0.465 e. The smallest absolute Gasteiger partial charge is 0.337 e. The number of thiocarbonyl (C=S) groups is 1. The number of nitrogens with two attached hydrogens (primary N) is 1. The molecule has 0 saturated carbocycles. The average molecular weight is 487 g/mol. The van der Waals surface area contributed by atoms with Gasteiger partial charge in [-0.15, -0.1) is 0 Å². The van der Waals surface area contributed by atoms with E-state index in [4.69, 9.17) is 31.8 Å². The van der Waals surface area contributed by atoms with Crippen LogP contribution in [0.25, 0.3) is 0 Å². The number of ether oxygens (including phenoxy) is 2. The molecule has 10 nitrogen and oxygen atoms in total. The first-order valence-corrected chi connectivity index (χ1v) is 10.7. The summed E-state index contributed by atoms with van der Waals surface area (Å²) in [5, 5.41) is 7.04. The standard InChI is InChI=1S/C23H26N4O6S/c1-11-17-15(26-27-22(24)34)9-23(2,3)10-16(17)33-18(11)19(28)25-14-7-12(20(29)31-4)6-13(8-14)21(30)32-5/h6-8H,9-10H2,1-5H3,(H,25,28)(H3,24,27,34)/b26-15-. The van der Waals surface area contributed by atoms with E-state index >= 15 is 0 Å². The summed E-state index contributed by atoms with van der Waals surface area (Å²) in [6.45, 7) is 5.89. The molecule has 1 aliphatic rings. The molecule has 0 radical (unpaired) electrons. The third kappa shape index (κ3) is 5.25. The summed E-state index contributed by atoms with van der Waals surface area (Å²) in [6.07, 6.45) is 1.23. The van der Waals surface area contributed by atoms with Crippen molar-refractivity contribution < 1.29 is 28.3 Å². The van der Waals surface area contributed by atoms with Gasteiger partial charge in [-0.1, -0.05) is 13.8 Å². The van der Waals surface area contributed by atoms with E-state index in [9.17, 15) is 14.4 Å². The van der Waals surface area contributed by atoms with Crippen LogP contribution < -0.4 is 16.5 Å². The number of rotatable bonds is 5. The molecular formula is C23H26N4O6S.